The Bertz CT molecular complexity index is 340. The van der Waals surface area contributed by atoms with Crippen LogP contribution in [0, 0.1) is 6.92 Å². The highest BCUT2D eigenvalue weighted by Gasteiger charge is 2.21. The molecule has 88 valence electrons. The molecule has 2 nitrogen and oxygen atoms in total. The zero-order valence-corrected chi connectivity index (χ0v) is 10.6. The predicted octanol–water partition coefficient (Wildman–Crippen LogP) is 2.98. The Kier molecular flexibility index (Phi) is 4.19. The van der Waals surface area contributed by atoms with Gasteiger partial charge in [-0.05, 0) is 38.4 Å². The van der Waals surface area contributed by atoms with Crippen molar-refractivity contribution in [3.05, 3.63) is 29.6 Å². The van der Waals surface area contributed by atoms with Crippen molar-refractivity contribution in [2.24, 2.45) is 0 Å². The third-order valence-electron chi connectivity index (χ3n) is 3.24. The van der Waals surface area contributed by atoms with Crippen LogP contribution in [0.15, 0.2) is 18.2 Å². The van der Waals surface area contributed by atoms with E-state index in [1.807, 2.05) is 13.0 Å². The van der Waals surface area contributed by atoms with Crippen molar-refractivity contribution in [1.82, 2.24) is 9.88 Å². The molecule has 0 spiro atoms. The summed E-state index contributed by atoms with van der Waals surface area (Å²) in [4.78, 5) is 7.02. The molecule has 3 heteroatoms. The summed E-state index contributed by atoms with van der Waals surface area (Å²) in [6, 6.07) is 6.76. The molecule has 2 heterocycles. The van der Waals surface area contributed by atoms with Crippen molar-refractivity contribution in [2.45, 2.75) is 38.8 Å². The Morgan fingerprint density at radius 2 is 2.31 bits per heavy atom. The minimum atomic E-state index is 0.540. The first-order valence-electron chi connectivity index (χ1n) is 6.02. The van der Waals surface area contributed by atoms with Crippen LogP contribution in [0.25, 0.3) is 0 Å². The lowest BCUT2D eigenvalue weighted by Crippen LogP contribution is -2.40. The number of hydrogen-bond donors (Lipinski definition) is 0. The summed E-state index contributed by atoms with van der Waals surface area (Å²) in [5, 5.41) is 0. The van der Waals surface area contributed by atoms with Gasteiger partial charge in [0, 0.05) is 24.2 Å². The van der Waals surface area contributed by atoms with E-state index >= 15 is 0 Å². The van der Waals surface area contributed by atoms with Crippen LogP contribution in [-0.4, -0.2) is 28.4 Å². The molecule has 0 amide bonds. The molecular weight excluding hydrogens is 220 g/mol. The number of pyridine rings is 1. The monoisotopic (exact) mass is 238 g/mol. The summed E-state index contributed by atoms with van der Waals surface area (Å²) >= 11 is 6.01. The first kappa shape index (κ1) is 11.9. The minimum absolute atomic E-state index is 0.540. The van der Waals surface area contributed by atoms with Crippen molar-refractivity contribution in [1.29, 1.82) is 0 Å². The maximum atomic E-state index is 6.01. The topological polar surface area (TPSA) is 16.1 Å². The van der Waals surface area contributed by atoms with Crippen LogP contribution in [0.2, 0.25) is 0 Å². The Labute approximate surface area is 103 Å². The number of aryl methyl sites for hydroxylation is 1. The highest BCUT2D eigenvalue weighted by molar-refractivity contribution is 6.18. The molecule has 1 aliphatic heterocycles. The average molecular weight is 239 g/mol. The van der Waals surface area contributed by atoms with Crippen LogP contribution in [0.4, 0.5) is 0 Å². The molecule has 0 aromatic carbocycles. The molecule has 0 N–H and O–H groups in total. The average Bonchev–Trinajstić information content (AvgIpc) is 2.30. The van der Waals surface area contributed by atoms with E-state index in [1.165, 1.54) is 19.3 Å². The number of hydrogen-bond acceptors (Lipinski definition) is 2. The molecule has 2 rings (SSSR count). The Morgan fingerprint density at radius 3 is 3.06 bits per heavy atom. The number of alkyl halides is 1. The second-order valence-corrected chi connectivity index (χ2v) is 4.85. The normalized spacial score (nSPS) is 22.2. The van der Waals surface area contributed by atoms with E-state index in [9.17, 15) is 0 Å². The molecule has 0 aliphatic carbocycles. The molecule has 16 heavy (non-hydrogen) atoms. The van der Waals surface area contributed by atoms with Crippen LogP contribution >= 0.6 is 11.6 Å². The second-order valence-electron chi connectivity index (χ2n) is 4.54. The largest absolute Gasteiger partial charge is 0.293 e. The van der Waals surface area contributed by atoms with Gasteiger partial charge in [0.2, 0.25) is 0 Å². The number of nitrogens with zero attached hydrogens (tertiary/aromatic N) is 2. The highest BCUT2D eigenvalue weighted by atomic mass is 35.5. The number of rotatable bonds is 3. The fraction of sp³-hybridized carbons (Fsp3) is 0.615. The van der Waals surface area contributed by atoms with Gasteiger partial charge in [0.25, 0.3) is 0 Å². The van der Waals surface area contributed by atoms with Gasteiger partial charge >= 0.3 is 0 Å². The van der Waals surface area contributed by atoms with Gasteiger partial charge in [0.05, 0.1) is 5.69 Å². The van der Waals surface area contributed by atoms with Gasteiger partial charge < -0.3 is 0 Å². The standard InChI is InChI=1S/C13H19ClN2/c1-11-5-4-6-12(15-11)10-16-8-3-2-7-13(16)9-14/h4-6,13H,2-3,7-10H2,1H3. The van der Waals surface area contributed by atoms with Crippen LogP contribution in [0.3, 0.4) is 0 Å². The lowest BCUT2D eigenvalue weighted by atomic mass is 10.0. The number of halogens is 1. The van der Waals surface area contributed by atoms with Gasteiger partial charge in [-0.1, -0.05) is 12.5 Å². The summed E-state index contributed by atoms with van der Waals surface area (Å²) in [5.41, 5.74) is 2.26. The third-order valence-corrected chi connectivity index (χ3v) is 3.59. The Hall–Kier alpha value is -0.600. The fourth-order valence-electron chi connectivity index (χ4n) is 2.34. The molecule has 0 radical (unpaired) electrons. The quantitative estimate of drug-likeness (QED) is 0.753. The molecule has 0 saturated carbocycles. The summed E-state index contributed by atoms with van der Waals surface area (Å²) in [5.74, 6) is 0.742. The Morgan fingerprint density at radius 1 is 1.44 bits per heavy atom. The van der Waals surface area contributed by atoms with Gasteiger partial charge in [0.15, 0.2) is 0 Å². The first-order chi connectivity index (χ1) is 7.79. The summed E-state index contributed by atoms with van der Waals surface area (Å²) < 4.78 is 0. The molecule has 1 aromatic heterocycles. The van der Waals surface area contributed by atoms with Gasteiger partial charge in [-0.25, -0.2) is 0 Å². The molecular formula is C13H19ClN2. The maximum absolute atomic E-state index is 6.01. The minimum Gasteiger partial charge on any atom is -0.293 e. The zero-order valence-electron chi connectivity index (χ0n) is 9.82. The first-order valence-corrected chi connectivity index (χ1v) is 6.55. The number of aromatic nitrogens is 1. The van der Waals surface area contributed by atoms with Crippen LogP contribution < -0.4 is 0 Å². The molecule has 1 fully saturated rings. The summed E-state index contributed by atoms with van der Waals surface area (Å²) in [6.07, 6.45) is 3.84. The number of piperidine rings is 1. The zero-order chi connectivity index (χ0) is 11.4. The van der Waals surface area contributed by atoms with Gasteiger partial charge in [-0.3, -0.25) is 9.88 Å². The van der Waals surface area contributed by atoms with E-state index in [0.29, 0.717) is 6.04 Å². The molecule has 1 atom stereocenters. The van der Waals surface area contributed by atoms with E-state index < -0.39 is 0 Å². The molecule has 0 bridgehead atoms. The van der Waals surface area contributed by atoms with Crippen molar-refractivity contribution in [3.8, 4) is 0 Å². The van der Waals surface area contributed by atoms with Crippen molar-refractivity contribution in [3.63, 3.8) is 0 Å². The third kappa shape index (κ3) is 2.96. The van der Waals surface area contributed by atoms with Gasteiger partial charge in [0.1, 0.15) is 0 Å². The second kappa shape index (κ2) is 5.65. The van der Waals surface area contributed by atoms with E-state index in [2.05, 4.69) is 22.0 Å². The van der Waals surface area contributed by atoms with Crippen LogP contribution in [0.5, 0.6) is 0 Å². The fourth-order valence-corrected chi connectivity index (χ4v) is 2.69. The maximum Gasteiger partial charge on any atom is 0.0547 e. The summed E-state index contributed by atoms with van der Waals surface area (Å²) in [7, 11) is 0. The molecule has 1 aliphatic rings. The smallest absolute Gasteiger partial charge is 0.0547 e. The highest BCUT2D eigenvalue weighted by Crippen LogP contribution is 2.19. The van der Waals surface area contributed by atoms with Crippen LogP contribution in [-0.2, 0) is 6.54 Å². The van der Waals surface area contributed by atoms with Crippen molar-refractivity contribution in [2.75, 3.05) is 12.4 Å². The predicted molar refractivity (Wildman–Crippen MR) is 67.7 cm³/mol. The van der Waals surface area contributed by atoms with E-state index in [1.54, 1.807) is 0 Å². The van der Waals surface area contributed by atoms with E-state index in [4.69, 9.17) is 11.6 Å². The van der Waals surface area contributed by atoms with Crippen molar-refractivity contribution < 1.29 is 0 Å². The lowest BCUT2D eigenvalue weighted by Gasteiger charge is -2.34. The molecule has 1 unspecified atom stereocenters. The van der Waals surface area contributed by atoms with Gasteiger partial charge in [-0.15, -0.1) is 11.6 Å². The Balaban J connectivity index is 2.02. The van der Waals surface area contributed by atoms with E-state index in [0.717, 1.165) is 30.4 Å². The SMILES string of the molecule is Cc1cccc(CN2CCCCC2CCl)n1. The van der Waals surface area contributed by atoms with Gasteiger partial charge in [-0.2, -0.15) is 0 Å². The lowest BCUT2D eigenvalue weighted by molar-refractivity contribution is 0.153. The summed E-state index contributed by atoms with van der Waals surface area (Å²) in [6.45, 7) is 4.14. The van der Waals surface area contributed by atoms with Crippen LogP contribution in [0.1, 0.15) is 30.7 Å². The molecule has 1 saturated heterocycles. The molecule has 1 aromatic rings. The number of likely N-dealkylation sites (tertiary alicyclic amines) is 1. The van der Waals surface area contributed by atoms with E-state index in [-0.39, 0.29) is 0 Å². The van der Waals surface area contributed by atoms with Crippen molar-refractivity contribution >= 4 is 11.6 Å².